The zero-order valence-corrected chi connectivity index (χ0v) is 24.3. The van der Waals surface area contributed by atoms with Crippen LogP contribution in [0.5, 0.6) is 11.6 Å². The lowest BCUT2D eigenvalue weighted by molar-refractivity contribution is -0.134. The molecule has 9 nitrogen and oxygen atoms in total. The Morgan fingerprint density at radius 3 is 2.44 bits per heavy atom. The lowest BCUT2D eigenvalue weighted by Crippen LogP contribution is -2.41. The van der Waals surface area contributed by atoms with E-state index in [9.17, 15) is 14.4 Å². The quantitative estimate of drug-likeness (QED) is 0.301. The van der Waals surface area contributed by atoms with Crippen LogP contribution >= 0.6 is 0 Å². The Hall–Kier alpha value is -3.62. The van der Waals surface area contributed by atoms with Crippen molar-refractivity contribution in [2.24, 2.45) is 0 Å². The third-order valence-electron chi connectivity index (χ3n) is 8.10. The van der Waals surface area contributed by atoms with Crippen LogP contribution in [0.4, 0.5) is 4.79 Å². The number of benzene rings is 1. The number of rotatable bonds is 10. The fraction of sp³-hybridized carbons (Fsp3) is 0.562. The predicted octanol–water partition coefficient (Wildman–Crippen LogP) is 5.49. The van der Waals surface area contributed by atoms with E-state index in [4.69, 9.17) is 14.2 Å². The summed E-state index contributed by atoms with van der Waals surface area (Å²) in [7, 11) is 0. The summed E-state index contributed by atoms with van der Waals surface area (Å²) >= 11 is 0. The number of hydrogen-bond donors (Lipinski definition) is 1. The topological polar surface area (TPSA) is 107 Å². The summed E-state index contributed by atoms with van der Waals surface area (Å²) in [5.41, 5.74) is 1.51. The summed E-state index contributed by atoms with van der Waals surface area (Å²) in [6.45, 7) is 7.56. The van der Waals surface area contributed by atoms with Gasteiger partial charge in [0.05, 0.1) is 19.1 Å². The Labute approximate surface area is 241 Å². The van der Waals surface area contributed by atoms with E-state index >= 15 is 0 Å². The van der Waals surface area contributed by atoms with Gasteiger partial charge in [-0.1, -0.05) is 12.1 Å². The van der Waals surface area contributed by atoms with Crippen LogP contribution in [-0.2, 0) is 14.3 Å². The molecule has 3 fully saturated rings. The molecule has 5 rings (SSSR count). The van der Waals surface area contributed by atoms with Crippen LogP contribution in [0.2, 0.25) is 0 Å². The average molecular weight is 564 g/mol. The Morgan fingerprint density at radius 2 is 1.76 bits per heavy atom. The van der Waals surface area contributed by atoms with Gasteiger partial charge in [0, 0.05) is 36.7 Å². The maximum Gasteiger partial charge on any atom is 0.410 e. The van der Waals surface area contributed by atoms with Gasteiger partial charge in [-0.15, -0.1) is 0 Å². The van der Waals surface area contributed by atoms with Crippen LogP contribution in [0.25, 0.3) is 0 Å². The molecule has 1 spiro atoms. The molecule has 2 aliphatic heterocycles. The van der Waals surface area contributed by atoms with Crippen molar-refractivity contribution in [3.63, 3.8) is 0 Å². The number of pyridine rings is 1. The summed E-state index contributed by atoms with van der Waals surface area (Å²) in [6.07, 6.45) is 8.27. The van der Waals surface area contributed by atoms with Gasteiger partial charge < -0.3 is 19.1 Å². The number of aromatic nitrogens is 1. The highest BCUT2D eigenvalue weighted by Crippen LogP contribution is 2.54. The molecule has 1 saturated carbocycles. The van der Waals surface area contributed by atoms with Gasteiger partial charge in [0.2, 0.25) is 17.7 Å². The molecule has 41 heavy (non-hydrogen) atoms. The maximum atomic E-state index is 12.8. The SMILES string of the molecule is CC(C)(C)OC(=O)N1C[C@@H](c2ccnc(OCCCCCOc3ccc(C4CCC(=O)NC4=O)cc3)c2)CC12CC2. The molecule has 220 valence electrons. The van der Waals surface area contributed by atoms with E-state index in [2.05, 4.69) is 10.3 Å². The standard InChI is InChI=1S/C32H41N3O6/c1-31(2,3)41-30(38)35-21-24(20-32(35)14-15-32)23-13-16-33-28(19-23)40-18-6-4-5-17-39-25-9-7-22(8-10-25)26-11-12-27(36)34-29(26)37/h7-10,13,16,19,24,26H,4-6,11-12,14-15,17-18,20-21H2,1-3H3,(H,34,36,37)/t24-,26?/m0/s1. The molecule has 2 atom stereocenters. The Kier molecular flexibility index (Phi) is 8.52. The summed E-state index contributed by atoms with van der Waals surface area (Å²) < 4.78 is 17.5. The molecule has 3 aliphatic rings. The van der Waals surface area contributed by atoms with E-state index in [1.165, 1.54) is 0 Å². The summed E-state index contributed by atoms with van der Waals surface area (Å²) in [5, 5.41) is 2.40. The largest absolute Gasteiger partial charge is 0.494 e. The number of ether oxygens (including phenoxy) is 3. The van der Waals surface area contributed by atoms with E-state index in [0.717, 1.165) is 55.4 Å². The fourth-order valence-electron chi connectivity index (χ4n) is 5.79. The van der Waals surface area contributed by atoms with Crippen molar-refractivity contribution < 1.29 is 28.6 Å². The molecule has 1 aromatic carbocycles. The third-order valence-corrected chi connectivity index (χ3v) is 8.10. The van der Waals surface area contributed by atoms with E-state index in [1.807, 2.05) is 62.1 Å². The zero-order valence-electron chi connectivity index (χ0n) is 24.3. The van der Waals surface area contributed by atoms with Crippen LogP contribution in [0.3, 0.4) is 0 Å². The molecule has 2 saturated heterocycles. The number of imide groups is 1. The van der Waals surface area contributed by atoms with E-state index in [0.29, 0.717) is 38.5 Å². The Morgan fingerprint density at radius 1 is 1.02 bits per heavy atom. The van der Waals surface area contributed by atoms with Gasteiger partial charge in [-0.05, 0) is 95.0 Å². The predicted molar refractivity (Wildman–Crippen MR) is 153 cm³/mol. The number of unbranched alkanes of at least 4 members (excludes halogenated alkanes) is 2. The van der Waals surface area contributed by atoms with Crippen molar-refractivity contribution in [2.75, 3.05) is 19.8 Å². The highest BCUT2D eigenvalue weighted by Gasteiger charge is 2.57. The molecule has 0 bridgehead atoms. The number of carbonyl (C=O) groups excluding carboxylic acids is 3. The molecule has 3 amide bonds. The van der Waals surface area contributed by atoms with Crippen molar-refractivity contribution >= 4 is 17.9 Å². The number of nitrogens with one attached hydrogen (secondary N) is 1. The van der Waals surface area contributed by atoms with E-state index < -0.39 is 5.60 Å². The van der Waals surface area contributed by atoms with E-state index in [1.54, 1.807) is 6.20 Å². The molecular formula is C32H41N3O6. The monoisotopic (exact) mass is 563 g/mol. The number of likely N-dealkylation sites (tertiary alicyclic amines) is 1. The first kappa shape index (κ1) is 28.9. The molecule has 3 heterocycles. The lowest BCUT2D eigenvalue weighted by atomic mass is 9.90. The van der Waals surface area contributed by atoms with Gasteiger partial charge in [0.1, 0.15) is 11.4 Å². The van der Waals surface area contributed by atoms with Gasteiger partial charge >= 0.3 is 6.09 Å². The second-order valence-electron chi connectivity index (χ2n) is 12.5. The second-order valence-corrected chi connectivity index (χ2v) is 12.5. The molecule has 2 aromatic rings. The maximum absolute atomic E-state index is 12.8. The van der Waals surface area contributed by atoms with Gasteiger partial charge in [0.15, 0.2) is 0 Å². The molecule has 1 aromatic heterocycles. The highest BCUT2D eigenvalue weighted by atomic mass is 16.6. The number of carbonyl (C=O) groups is 3. The Bertz CT molecular complexity index is 1250. The van der Waals surface area contributed by atoms with Crippen molar-refractivity contribution in [3.8, 4) is 11.6 Å². The fourth-order valence-corrected chi connectivity index (χ4v) is 5.79. The van der Waals surface area contributed by atoms with Gasteiger partial charge in [0.25, 0.3) is 0 Å². The van der Waals surface area contributed by atoms with Gasteiger partial charge in [-0.3, -0.25) is 14.9 Å². The highest BCUT2D eigenvalue weighted by molar-refractivity contribution is 6.00. The molecule has 1 unspecified atom stereocenters. The minimum atomic E-state index is -0.500. The van der Waals surface area contributed by atoms with Crippen molar-refractivity contribution in [1.82, 2.24) is 15.2 Å². The normalized spacial score (nSPS) is 21.5. The second kappa shape index (κ2) is 12.1. The number of amides is 3. The van der Waals surface area contributed by atoms with Crippen LogP contribution in [0.1, 0.15) is 95.1 Å². The van der Waals surface area contributed by atoms with Crippen molar-refractivity contribution in [1.29, 1.82) is 0 Å². The number of nitrogens with zero attached hydrogens (tertiary/aromatic N) is 2. The molecule has 0 radical (unpaired) electrons. The lowest BCUT2D eigenvalue weighted by Gasteiger charge is -2.28. The van der Waals surface area contributed by atoms with Crippen LogP contribution < -0.4 is 14.8 Å². The molecule has 1 aliphatic carbocycles. The van der Waals surface area contributed by atoms with Crippen molar-refractivity contribution in [2.45, 2.75) is 95.1 Å². The summed E-state index contributed by atoms with van der Waals surface area (Å²) in [4.78, 5) is 42.6. The van der Waals surface area contributed by atoms with Crippen LogP contribution in [0, 0.1) is 0 Å². The Balaban J connectivity index is 1.01. The summed E-state index contributed by atoms with van der Waals surface area (Å²) in [5.74, 6) is 0.931. The third kappa shape index (κ3) is 7.37. The first-order valence-electron chi connectivity index (χ1n) is 14.8. The average Bonchev–Trinajstić information content (AvgIpc) is 3.59. The number of hydrogen-bond acceptors (Lipinski definition) is 7. The van der Waals surface area contributed by atoms with Crippen LogP contribution in [0.15, 0.2) is 42.6 Å². The molecule has 9 heteroatoms. The number of piperidine rings is 1. The minimum Gasteiger partial charge on any atom is -0.494 e. The van der Waals surface area contributed by atoms with E-state index in [-0.39, 0.29) is 35.3 Å². The minimum absolute atomic E-state index is 0.0467. The van der Waals surface area contributed by atoms with Gasteiger partial charge in [-0.2, -0.15) is 0 Å². The summed E-state index contributed by atoms with van der Waals surface area (Å²) in [6, 6.07) is 11.6. The molecular weight excluding hydrogens is 522 g/mol. The van der Waals surface area contributed by atoms with Crippen LogP contribution in [-0.4, -0.2) is 58.7 Å². The first-order valence-corrected chi connectivity index (χ1v) is 14.8. The van der Waals surface area contributed by atoms with Crippen molar-refractivity contribution in [3.05, 3.63) is 53.7 Å². The van der Waals surface area contributed by atoms with Gasteiger partial charge in [-0.25, -0.2) is 9.78 Å². The zero-order chi connectivity index (χ0) is 29.0. The first-order chi connectivity index (χ1) is 19.6. The molecule has 1 N–H and O–H groups in total. The smallest absolute Gasteiger partial charge is 0.410 e.